The molecule has 2 rings (SSSR count). The molecule has 3 nitrogen and oxygen atoms in total. The second-order valence-corrected chi connectivity index (χ2v) is 2.85. The first-order valence-electron chi connectivity index (χ1n) is 3.81. The molecule has 2 aromatic heterocycles. The second kappa shape index (κ2) is 2.52. The van der Waals surface area contributed by atoms with E-state index in [-0.39, 0.29) is 0 Å². The van der Waals surface area contributed by atoms with E-state index in [0.29, 0.717) is 0 Å². The topological polar surface area (TPSA) is 38.7 Å². The van der Waals surface area contributed by atoms with Crippen LogP contribution >= 0.6 is 0 Å². The highest BCUT2D eigenvalue weighted by Crippen LogP contribution is 2.16. The predicted octanol–water partition coefficient (Wildman–Crippen LogP) is 1.64. The molecule has 0 aliphatic rings. The van der Waals surface area contributed by atoms with Crippen LogP contribution in [-0.2, 0) is 0 Å². The van der Waals surface area contributed by atoms with Crippen LogP contribution in [0.2, 0.25) is 0 Å². The third-order valence-electron chi connectivity index (χ3n) is 2.10. The van der Waals surface area contributed by atoms with Crippen molar-refractivity contribution < 1.29 is 0 Å². The second-order valence-electron chi connectivity index (χ2n) is 2.85. The zero-order chi connectivity index (χ0) is 8.55. The van der Waals surface area contributed by atoms with Gasteiger partial charge in [0.2, 0.25) is 0 Å². The summed E-state index contributed by atoms with van der Waals surface area (Å²) in [4.78, 5) is 4.24. The Kier molecular flexibility index (Phi) is 1.50. The van der Waals surface area contributed by atoms with Crippen molar-refractivity contribution in [2.45, 2.75) is 13.8 Å². The lowest BCUT2D eigenvalue weighted by Crippen LogP contribution is -1.89. The SMILES string of the molecule is Cc1cnc2cnncc2c1C. The number of aryl methyl sites for hydroxylation is 2. The summed E-state index contributed by atoms with van der Waals surface area (Å²) in [5.74, 6) is 0. The summed E-state index contributed by atoms with van der Waals surface area (Å²) >= 11 is 0. The Balaban J connectivity index is 2.91. The lowest BCUT2D eigenvalue weighted by atomic mass is 10.1. The third-order valence-corrected chi connectivity index (χ3v) is 2.10. The molecule has 12 heavy (non-hydrogen) atoms. The molecule has 2 heterocycles. The molecule has 0 spiro atoms. The average Bonchev–Trinajstić information content (AvgIpc) is 2.12. The fourth-order valence-electron chi connectivity index (χ4n) is 1.18. The number of hydrogen-bond acceptors (Lipinski definition) is 3. The predicted molar refractivity (Wildman–Crippen MR) is 46.8 cm³/mol. The van der Waals surface area contributed by atoms with E-state index in [1.165, 1.54) is 11.1 Å². The first-order valence-corrected chi connectivity index (χ1v) is 3.81. The fraction of sp³-hybridized carbons (Fsp3) is 0.222. The Morgan fingerprint density at radius 3 is 2.58 bits per heavy atom. The number of pyridine rings is 1. The van der Waals surface area contributed by atoms with Crippen LogP contribution in [0.3, 0.4) is 0 Å². The minimum atomic E-state index is 0.910. The lowest BCUT2D eigenvalue weighted by molar-refractivity contribution is 1.04. The van der Waals surface area contributed by atoms with Crippen LogP contribution in [0.5, 0.6) is 0 Å². The van der Waals surface area contributed by atoms with Crippen molar-refractivity contribution in [1.29, 1.82) is 0 Å². The van der Waals surface area contributed by atoms with Crippen LogP contribution in [0, 0.1) is 13.8 Å². The number of hydrogen-bond donors (Lipinski definition) is 0. The van der Waals surface area contributed by atoms with Crippen LogP contribution in [-0.4, -0.2) is 15.2 Å². The Hall–Kier alpha value is -1.51. The summed E-state index contributed by atoms with van der Waals surface area (Å²) in [6.07, 6.45) is 5.30. The Bertz CT molecular complexity index is 423. The molecule has 0 amide bonds. The molecule has 60 valence electrons. The van der Waals surface area contributed by atoms with Crippen LogP contribution in [0.15, 0.2) is 18.6 Å². The molecule has 0 N–H and O–H groups in total. The van der Waals surface area contributed by atoms with Gasteiger partial charge in [0.05, 0.1) is 17.9 Å². The molecule has 0 aliphatic carbocycles. The minimum absolute atomic E-state index is 0.910. The monoisotopic (exact) mass is 159 g/mol. The van der Waals surface area contributed by atoms with Crippen LogP contribution in [0.25, 0.3) is 10.9 Å². The van der Waals surface area contributed by atoms with Gasteiger partial charge >= 0.3 is 0 Å². The van der Waals surface area contributed by atoms with E-state index in [0.717, 1.165) is 10.9 Å². The van der Waals surface area contributed by atoms with Crippen molar-refractivity contribution in [2.75, 3.05) is 0 Å². The molecule has 2 aromatic rings. The van der Waals surface area contributed by atoms with Gasteiger partial charge in [-0.15, -0.1) is 0 Å². The van der Waals surface area contributed by atoms with E-state index < -0.39 is 0 Å². The van der Waals surface area contributed by atoms with E-state index in [1.807, 2.05) is 13.1 Å². The van der Waals surface area contributed by atoms with Crippen molar-refractivity contribution >= 4 is 10.9 Å². The molecule has 0 fully saturated rings. The largest absolute Gasteiger partial charge is 0.254 e. The molecule has 0 aliphatic heterocycles. The first kappa shape index (κ1) is 7.16. The maximum absolute atomic E-state index is 4.24. The van der Waals surface area contributed by atoms with Crippen molar-refractivity contribution in [3.05, 3.63) is 29.7 Å². The highest BCUT2D eigenvalue weighted by molar-refractivity contribution is 5.80. The summed E-state index contributed by atoms with van der Waals surface area (Å²) in [6.45, 7) is 4.11. The zero-order valence-electron chi connectivity index (χ0n) is 7.07. The molecule has 0 aromatic carbocycles. The van der Waals surface area contributed by atoms with E-state index in [4.69, 9.17) is 0 Å². The van der Waals surface area contributed by atoms with Gasteiger partial charge in [-0.3, -0.25) is 4.98 Å². The summed E-state index contributed by atoms with van der Waals surface area (Å²) in [6, 6.07) is 0. The summed E-state index contributed by atoms with van der Waals surface area (Å²) in [7, 11) is 0. The summed E-state index contributed by atoms with van der Waals surface area (Å²) in [5, 5.41) is 8.68. The smallest absolute Gasteiger partial charge is 0.0922 e. The summed E-state index contributed by atoms with van der Waals surface area (Å²) < 4.78 is 0. The minimum Gasteiger partial charge on any atom is -0.254 e. The third kappa shape index (κ3) is 0.942. The molecule has 0 unspecified atom stereocenters. The molecule has 0 radical (unpaired) electrons. The molecule has 0 bridgehead atoms. The number of aromatic nitrogens is 3. The van der Waals surface area contributed by atoms with Crippen molar-refractivity contribution in [3.63, 3.8) is 0 Å². The van der Waals surface area contributed by atoms with Gasteiger partial charge in [-0.1, -0.05) is 0 Å². The van der Waals surface area contributed by atoms with Crippen LogP contribution in [0.1, 0.15) is 11.1 Å². The van der Waals surface area contributed by atoms with Gasteiger partial charge in [0.25, 0.3) is 0 Å². The normalized spacial score (nSPS) is 10.5. The molecule has 0 saturated heterocycles. The highest BCUT2D eigenvalue weighted by atomic mass is 15.1. The number of rotatable bonds is 0. The summed E-state index contributed by atoms with van der Waals surface area (Å²) in [5.41, 5.74) is 3.33. The Morgan fingerprint density at radius 2 is 1.75 bits per heavy atom. The van der Waals surface area contributed by atoms with Gasteiger partial charge in [0, 0.05) is 11.6 Å². The van der Waals surface area contributed by atoms with Gasteiger partial charge in [-0.2, -0.15) is 10.2 Å². The fourth-order valence-corrected chi connectivity index (χ4v) is 1.18. The van der Waals surface area contributed by atoms with Crippen molar-refractivity contribution in [2.24, 2.45) is 0 Å². The van der Waals surface area contributed by atoms with E-state index in [2.05, 4.69) is 22.1 Å². The first-order chi connectivity index (χ1) is 5.79. The molecular formula is C9H9N3. The highest BCUT2D eigenvalue weighted by Gasteiger charge is 2.00. The quantitative estimate of drug-likeness (QED) is 0.586. The van der Waals surface area contributed by atoms with Crippen molar-refractivity contribution in [3.8, 4) is 0 Å². The standard InChI is InChI=1S/C9H9N3/c1-6-3-10-9-5-12-11-4-8(9)7(6)2/h3-5H,1-2H3. The molecule has 0 atom stereocenters. The van der Waals surface area contributed by atoms with Gasteiger partial charge in [-0.25, -0.2) is 0 Å². The van der Waals surface area contributed by atoms with E-state index in [1.54, 1.807) is 12.4 Å². The zero-order valence-corrected chi connectivity index (χ0v) is 7.07. The van der Waals surface area contributed by atoms with Crippen LogP contribution in [0.4, 0.5) is 0 Å². The number of fused-ring (bicyclic) bond motifs is 1. The van der Waals surface area contributed by atoms with Gasteiger partial charge in [0.15, 0.2) is 0 Å². The molecule has 3 heteroatoms. The molecule has 0 saturated carbocycles. The Morgan fingerprint density at radius 1 is 1.00 bits per heavy atom. The lowest BCUT2D eigenvalue weighted by Gasteiger charge is -2.01. The van der Waals surface area contributed by atoms with Crippen LogP contribution < -0.4 is 0 Å². The number of nitrogens with zero attached hydrogens (tertiary/aromatic N) is 3. The maximum atomic E-state index is 4.24. The van der Waals surface area contributed by atoms with Gasteiger partial charge < -0.3 is 0 Å². The molecular weight excluding hydrogens is 150 g/mol. The Labute approximate surface area is 70.5 Å². The van der Waals surface area contributed by atoms with Gasteiger partial charge in [0.1, 0.15) is 0 Å². The van der Waals surface area contributed by atoms with E-state index in [9.17, 15) is 0 Å². The van der Waals surface area contributed by atoms with Crippen molar-refractivity contribution in [1.82, 2.24) is 15.2 Å². The average molecular weight is 159 g/mol. The van der Waals surface area contributed by atoms with E-state index >= 15 is 0 Å². The van der Waals surface area contributed by atoms with Gasteiger partial charge in [-0.05, 0) is 25.0 Å². The maximum Gasteiger partial charge on any atom is 0.0922 e.